The Bertz CT molecular complexity index is 1510. The lowest BCUT2D eigenvalue weighted by Gasteiger charge is -2.25. The number of hydrogen-bond acceptors (Lipinski definition) is 5. The van der Waals surface area contributed by atoms with Crippen LogP contribution in [0, 0.1) is 5.82 Å². The number of fused-ring (bicyclic) bond motifs is 2. The van der Waals surface area contributed by atoms with E-state index in [1.54, 1.807) is 36.3 Å². The van der Waals surface area contributed by atoms with Crippen molar-refractivity contribution in [2.24, 2.45) is 0 Å². The minimum atomic E-state index is -0.707. The second-order valence-electron chi connectivity index (χ2n) is 8.49. The number of benzene rings is 3. The lowest BCUT2D eigenvalue weighted by atomic mass is 9.98. The van der Waals surface area contributed by atoms with Crippen LogP contribution >= 0.6 is 0 Å². The van der Waals surface area contributed by atoms with Gasteiger partial charge in [0.25, 0.3) is 5.91 Å². The Kier molecular flexibility index (Phi) is 6.29. The van der Waals surface area contributed by atoms with Crippen LogP contribution in [-0.4, -0.2) is 31.1 Å². The fourth-order valence-corrected chi connectivity index (χ4v) is 4.54. The molecule has 4 aromatic rings. The Labute approximate surface area is 207 Å². The van der Waals surface area contributed by atoms with Crippen molar-refractivity contribution >= 4 is 16.9 Å². The van der Waals surface area contributed by atoms with Crippen LogP contribution in [0.2, 0.25) is 0 Å². The van der Waals surface area contributed by atoms with Gasteiger partial charge in [-0.1, -0.05) is 36.9 Å². The summed E-state index contributed by atoms with van der Waals surface area (Å²) in [7, 11) is 1.60. The summed E-state index contributed by atoms with van der Waals surface area (Å²) in [4.78, 5) is 28.8. The molecule has 182 valence electrons. The molecule has 0 unspecified atom stereocenters. The smallest absolute Gasteiger partial charge is 0.290 e. The largest absolute Gasteiger partial charge is 0.497 e. The zero-order chi connectivity index (χ0) is 25.2. The van der Waals surface area contributed by atoms with E-state index in [0.717, 1.165) is 17.4 Å². The first kappa shape index (κ1) is 23.4. The zero-order valence-electron chi connectivity index (χ0n) is 19.7. The Morgan fingerprint density at radius 1 is 1.06 bits per heavy atom. The lowest BCUT2D eigenvalue weighted by Crippen LogP contribution is -2.31. The highest BCUT2D eigenvalue weighted by Gasteiger charge is 2.42. The quantitative estimate of drug-likeness (QED) is 0.317. The molecule has 0 bridgehead atoms. The molecule has 1 aromatic heterocycles. The van der Waals surface area contributed by atoms with Crippen molar-refractivity contribution in [1.29, 1.82) is 0 Å². The van der Waals surface area contributed by atoms with Gasteiger partial charge in [-0.2, -0.15) is 0 Å². The van der Waals surface area contributed by atoms with Crippen LogP contribution in [0.4, 0.5) is 4.39 Å². The van der Waals surface area contributed by atoms with Gasteiger partial charge in [-0.15, -0.1) is 0 Å². The van der Waals surface area contributed by atoms with E-state index in [-0.39, 0.29) is 28.2 Å². The predicted molar refractivity (Wildman–Crippen MR) is 134 cm³/mol. The van der Waals surface area contributed by atoms with Crippen molar-refractivity contribution in [1.82, 2.24) is 4.90 Å². The second kappa shape index (κ2) is 9.70. The van der Waals surface area contributed by atoms with Gasteiger partial charge in [-0.3, -0.25) is 9.59 Å². The van der Waals surface area contributed by atoms with Crippen molar-refractivity contribution in [3.63, 3.8) is 0 Å². The van der Waals surface area contributed by atoms with Crippen LogP contribution in [0.25, 0.3) is 11.0 Å². The highest BCUT2D eigenvalue weighted by atomic mass is 19.1. The number of amides is 1. The minimum absolute atomic E-state index is 0.0174. The number of carbonyl (C=O) groups excluding carboxylic acids is 1. The van der Waals surface area contributed by atoms with Gasteiger partial charge in [-0.05, 0) is 60.0 Å². The van der Waals surface area contributed by atoms with E-state index in [2.05, 4.69) is 6.58 Å². The molecular formula is C29H24FNO5. The van der Waals surface area contributed by atoms with Crippen LogP contribution in [0.1, 0.15) is 33.3 Å². The third-order valence-electron chi connectivity index (χ3n) is 6.27. The first-order valence-electron chi connectivity index (χ1n) is 11.5. The number of rotatable bonds is 8. The van der Waals surface area contributed by atoms with Crippen LogP contribution in [-0.2, 0) is 6.42 Å². The fraction of sp³-hybridized carbons (Fsp3) is 0.172. The lowest BCUT2D eigenvalue weighted by molar-refractivity contribution is 0.0730. The van der Waals surface area contributed by atoms with Gasteiger partial charge < -0.3 is 18.8 Å². The van der Waals surface area contributed by atoms with E-state index >= 15 is 0 Å². The van der Waals surface area contributed by atoms with Crippen molar-refractivity contribution in [2.45, 2.75) is 12.5 Å². The van der Waals surface area contributed by atoms with Crippen LogP contribution in [0.15, 0.2) is 88.6 Å². The average molecular weight is 486 g/mol. The maximum atomic E-state index is 14.0. The standard InChI is InChI=1S/C29H24FNO5/c1-3-15-35-22-6-4-5-19(16-22)26-25-27(32)23-17-20(30)9-12-24(23)36-28(25)29(33)31(26)14-13-18-7-10-21(34-2)11-8-18/h3-12,16-17,26H,1,13-15H2,2H3/t26-/m1/s1. The maximum absolute atomic E-state index is 14.0. The molecule has 0 aliphatic carbocycles. The van der Waals surface area contributed by atoms with Crippen molar-refractivity contribution in [2.75, 3.05) is 20.3 Å². The van der Waals surface area contributed by atoms with Crippen LogP contribution < -0.4 is 14.9 Å². The van der Waals surface area contributed by atoms with Gasteiger partial charge in [0.1, 0.15) is 29.5 Å². The molecule has 1 aliphatic rings. The molecule has 1 amide bonds. The molecule has 5 rings (SSSR count). The molecule has 1 atom stereocenters. The van der Waals surface area contributed by atoms with E-state index in [9.17, 15) is 14.0 Å². The Morgan fingerprint density at radius 3 is 2.61 bits per heavy atom. The summed E-state index contributed by atoms with van der Waals surface area (Å²) < 4.78 is 30.8. The van der Waals surface area contributed by atoms with Gasteiger partial charge in [-0.25, -0.2) is 4.39 Å². The molecule has 3 aromatic carbocycles. The summed E-state index contributed by atoms with van der Waals surface area (Å²) >= 11 is 0. The van der Waals surface area contributed by atoms with E-state index in [1.165, 1.54) is 12.1 Å². The summed E-state index contributed by atoms with van der Waals surface area (Å²) in [5.41, 5.74) is 1.66. The summed E-state index contributed by atoms with van der Waals surface area (Å²) in [6.45, 7) is 4.32. The van der Waals surface area contributed by atoms with E-state index in [0.29, 0.717) is 30.9 Å². The van der Waals surface area contributed by atoms with Crippen molar-refractivity contribution in [3.8, 4) is 11.5 Å². The number of nitrogens with zero attached hydrogens (tertiary/aromatic N) is 1. The van der Waals surface area contributed by atoms with E-state index < -0.39 is 17.3 Å². The predicted octanol–water partition coefficient (Wildman–Crippen LogP) is 5.29. The fourth-order valence-electron chi connectivity index (χ4n) is 4.54. The monoisotopic (exact) mass is 485 g/mol. The molecule has 0 saturated carbocycles. The highest BCUT2D eigenvalue weighted by Crippen LogP contribution is 2.39. The molecule has 0 N–H and O–H groups in total. The van der Waals surface area contributed by atoms with Gasteiger partial charge in [0, 0.05) is 6.54 Å². The molecule has 0 spiro atoms. The molecule has 7 heteroatoms. The first-order chi connectivity index (χ1) is 17.5. The van der Waals surface area contributed by atoms with Gasteiger partial charge in [0.15, 0.2) is 5.43 Å². The summed E-state index contributed by atoms with van der Waals surface area (Å²) in [6, 6.07) is 17.8. The molecular weight excluding hydrogens is 461 g/mol. The number of methoxy groups -OCH3 is 1. The van der Waals surface area contributed by atoms with Gasteiger partial charge in [0.05, 0.1) is 24.1 Å². The average Bonchev–Trinajstić information content (AvgIpc) is 3.18. The maximum Gasteiger partial charge on any atom is 0.290 e. The molecule has 36 heavy (non-hydrogen) atoms. The third-order valence-corrected chi connectivity index (χ3v) is 6.27. The molecule has 2 heterocycles. The topological polar surface area (TPSA) is 69.0 Å². The van der Waals surface area contributed by atoms with Crippen molar-refractivity contribution < 1.29 is 23.1 Å². The third kappa shape index (κ3) is 4.24. The molecule has 6 nitrogen and oxygen atoms in total. The van der Waals surface area contributed by atoms with Crippen LogP contribution in [0.3, 0.4) is 0 Å². The molecule has 0 fully saturated rings. The first-order valence-corrected chi connectivity index (χ1v) is 11.5. The summed E-state index contributed by atoms with van der Waals surface area (Å²) in [6.07, 6.45) is 2.19. The second-order valence-corrected chi connectivity index (χ2v) is 8.49. The van der Waals surface area contributed by atoms with E-state index in [4.69, 9.17) is 13.9 Å². The summed E-state index contributed by atoms with van der Waals surface area (Å²) in [5.74, 6) is 0.373. The molecule has 0 saturated heterocycles. The Balaban J connectivity index is 1.59. The molecule has 1 aliphatic heterocycles. The normalized spacial score (nSPS) is 14.7. The summed E-state index contributed by atoms with van der Waals surface area (Å²) in [5, 5.41) is 0.0996. The number of carbonyl (C=O) groups is 1. The molecule has 0 radical (unpaired) electrons. The highest BCUT2D eigenvalue weighted by molar-refractivity contribution is 5.99. The minimum Gasteiger partial charge on any atom is -0.497 e. The van der Waals surface area contributed by atoms with Gasteiger partial charge in [0.2, 0.25) is 5.76 Å². The Hall–Kier alpha value is -4.39. The Morgan fingerprint density at radius 2 is 1.86 bits per heavy atom. The number of ether oxygens (including phenoxy) is 2. The zero-order valence-corrected chi connectivity index (χ0v) is 19.7. The van der Waals surface area contributed by atoms with E-state index in [1.807, 2.05) is 30.3 Å². The van der Waals surface area contributed by atoms with Crippen LogP contribution in [0.5, 0.6) is 11.5 Å². The van der Waals surface area contributed by atoms with Gasteiger partial charge >= 0.3 is 0 Å². The number of hydrogen-bond donors (Lipinski definition) is 0. The van der Waals surface area contributed by atoms with Crippen molar-refractivity contribution in [3.05, 3.63) is 118 Å². The SMILES string of the molecule is C=CCOc1cccc([C@@H]2c3c(oc4ccc(F)cc4c3=O)C(=O)N2CCc2ccc(OC)cc2)c1. The number of halogens is 1.